The molecule has 6 aromatic rings. The van der Waals surface area contributed by atoms with Gasteiger partial charge >= 0.3 is 12.2 Å². The fourth-order valence-electron chi connectivity index (χ4n) is 12.2. The number of carbonyl (C=O) groups excluding carboxylic acids is 4. The Morgan fingerprint density at radius 3 is 1.52 bits per heavy atom. The summed E-state index contributed by atoms with van der Waals surface area (Å²) in [4.78, 5) is 77.2. The van der Waals surface area contributed by atoms with E-state index in [0.29, 0.717) is 62.7 Å². The van der Waals surface area contributed by atoms with Crippen molar-refractivity contribution < 1.29 is 37.4 Å². The molecule has 4 aliphatic heterocycles. The van der Waals surface area contributed by atoms with Gasteiger partial charge in [-0.05, 0) is 123 Å². The van der Waals surface area contributed by atoms with Crippen LogP contribution in [0.2, 0.25) is 0 Å². The molecule has 16 nitrogen and oxygen atoms in total. The number of imidazole rings is 2. The molecule has 4 saturated heterocycles. The van der Waals surface area contributed by atoms with Crippen LogP contribution in [0, 0.1) is 23.5 Å². The molecule has 4 fully saturated rings. The number of rotatable bonds is 13. The predicted molar refractivity (Wildman–Crippen MR) is 282 cm³/mol. The zero-order chi connectivity index (χ0) is 52.7. The van der Waals surface area contributed by atoms with Gasteiger partial charge in [-0.2, -0.15) is 0 Å². The van der Waals surface area contributed by atoms with E-state index in [-0.39, 0.29) is 59.5 Å². The van der Waals surface area contributed by atoms with E-state index in [1.807, 2.05) is 87.2 Å². The Morgan fingerprint density at radius 1 is 0.573 bits per heavy atom. The van der Waals surface area contributed by atoms with Crippen LogP contribution in [0.15, 0.2) is 78.9 Å². The largest absolute Gasteiger partial charge is 0.453 e. The number of alkyl carbamates (subject to hydrolysis) is 2. The summed E-state index contributed by atoms with van der Waals surface area (Å²) in [5.74, 6) is -0.681. The number of methoxy groups -OCH3 is 2. The fourth-order valence-corrected chi connectivity index (χ4v) is 12.2. The molecule has 0 saturated carbocycles. The number of hydrogen-bond donors (Lipinski definition) is 4. The molecule has 10 rings (SSSR count). The van der Waals surface area contributed by atoms with Crippen molar-refractivity contribution in [3.8, 4) is 0 Å². The number of likely N-dealkylation sites (tertiary alicyclic amines) is 2. The number of ether oxygens (including phenoxy) is 2. The number of hydrogen-bond acceptors (Lipinski definition) is 10. The van der Waals surface area contributed by atoms with E-state index < -0.39 is 35.9 Å². The highest BCUT2D eigenvalue weighted by atomic mass is 19.1. The average molecular weight is 1030 g/mol. The molecule has 6 heterocycles. The summed E-state index contributed by atoms with van der Waals surface area (Å²) in [5.41, 5.74) is 6.29. The minimum absolute atomic E-state index is 0.0159. The van der Waals surface area contributed by atoms with Crippen LogP contribution in [0.25, 0.3) is 22.1 Å². The number of aromatic amines is 2. The summed E-state index contributed by atoms with van der Waals surface area (Å²) >= 11 is 0. The molecule has 396 valence electrons. The Bertz CT molecular complexity index is 2900. The Labute approximate surface area is 435 Å². The third-order valence-corrected chi connectivity index (χ3v) is 16.0. The molecule has 4 N–H and O–H groups in total. The predicted octanol–water partition coefficient (Wildman–Crippen LogP) is 10.6. The van der Waals surface area contributed by atoms with Crippen molar-refractivity contribution in [3.63, 3.8) is 0 Å². The lowest BCUT2D eigenvalue weighted by Gasteiger charge is -2.39. The number of amides is 4. The standard InChI is InChI=1S/C57H68F2N10O6/c1-32(2)49(64-56(72)74-5)54(70)67-26-12-17-47(67)52-60-40-21-19-35(28-42(40)62-52)45-23-24-46(69(45)37-30-38(58)51(39(59)31-37)66-25-11-10-16-44(66)34-14-8-7-9-15-34)36-20-22-41-43(29-36)63-53(61-41)48-18-13-27-68(48)55(71)50(33(3)4)65-57(73)75-6/h7-9,14-15,19-22,28-33,44-50H,10-13,16-18,23-27H2,1-6H3,(H,60,62)(H,61,63)(H,64,72)(H,65,73)/t44?,45-,46-,47+,48+,49+,50+/m1/s1. The summed E-state index contributed by atoms with van der Waals surface area (Å²) in [7, 11) is 2.55. The van der Waals surface area contributed by atoms with Crippen LogP contribution < -0.4 is 20.4 Å². The zero-order valence-electron chi connectivity index (χ0n) is 43.6. The van der Waals surface area contributed by atoms with Crippen molar-refractivity contribution in [1.82, 2.24) is 40.4 Å². The van der Waals surface area contributed by atoms with Gasteiger partial charge in [-0.15, -0.1) is 0 Å². The molecule has 2 aromatic heterocycles. The van der Waals surface area contributed by atoms with Crippen LogP contribution in [-0.4, -0.2) is 99.7 Å². The summed E-state index contributed by atoms with van der Waals surface area (Å²) < 4.78 is 43.9. The smallest absolute Gasteiger partial charge is 0.407 e. The SMILES string of the molecule is COC(=O)N[C@H](C(=O)N1CCC[C@H]1c1nc2ccc([C@H]3CC[C@H](c4ccc5nc([C@@H]6CCCN6C(=O)[C@@H](NC(=O)OC)C(C)C)[nH]c5c4)N3c3cc(F)c(N4CCCCC4c4ccccc4)c(F)c3)cc2[nH]1)C(C)C. The first kappa shape index (κ1) is 51.3. The highest BCUT2D eigenvalue weighted by molar-refractivity contribution is 5.88. The molecule has 4 aromatic carbocycles. The van der Waals surface area contributed by atoms with E-state index in [1.54, 1.807) is 9.80 Å². The molecule has 0 bridgehead atoms. The Hall–Kier alpha value is -7.24. The number of piperidine rings is 1. The van der Waals surface area contributed by atoms with Gasteiger partial charge in [0.2, 0.25) is 11.8 Å². The van der Waals surface area contributed by atoms with Gasteiger partial charge in [0, 0.05) is 25.3 Å². The van der Waals surface area contributed by atoms with Gasteiger partial charge in [0.1, 0.15) is 29.4 Å². The normalized spacial score (nSPS) is 21.9. The first-order chi connectivity index (χ1) is 36.2. The van der Waals surface area contributed by atoms with Crippen molar-refractivity contribution >= 4 is 57.4 Å². The van der Waals surface area contributed by atoms with Gasteiger partial charge in [-0.25, -0.2) is 28.3 Å². The molecule has 7 atom stereocenters. The van der Waals surface area contributed by atoms with Crippen LogP contribution in [0.5, 0.6) is 0 Å². The number of aromatic nitrogens is 4. The lowest BCUT2D eigenvalue weighted by Crippen LogP contribution is -2.51. The van der Waals surface area contributed by atoms with Crippen LogP contribution in [0.3, 0.4) is 0 Å². The number of carbonyl (C=O) groups is 4. The lowest BCUT2D eigenvalue weighted by molar-refractivity contribution is -0.136. The van der Waals surface area contributed by atoms with Crippen LogP contribution >= 0.6 is 0 Å². The van der Waals surface area contributed by atoms with Crippen molar-refractivity contribution in [2.24, 2.45) is 11.8 Å². The maximum atomic E-state index is 17.1. The lowest BCUT2D eigenvalue weighted by atomic mass is 9.94. The minimum atomic E-state index is -0.769. The summed E-state index contributed by atoms with van der Waals surface area (Å²) in [6, 6.07) is 22.1. The fraction of sp³-hybridized carbons (Fsp3) is 0.474. The monoisotopic (exact) mass is 1030 g/mol. The quantitative estimate of drug-likeness (QED) is 0.0869. The van der Waals surface area contributed by atoms with Crippen LogP contribution in [0.4, 0.5) is 29.7 Å². The Balaban J connectivity index is 0.991. The van der Waals surface area contributed by atoms with Crippen molar-refractivity contribution in [2.75, 3.05) is 43.7 Å². The van der Waals surface area contributed by atoms with E-state index in [9.17, 15) is 19.2 Å². The summed E-state index contributed by atoms with van der Waals surface area (Å²) in [6.07, 6.45) is 5.53. The first-order valence-electron chi connectivity index (χ1n) is 26.6. The van der Waals surface area contributed by atoms with Crippen LogP contribution in [-0.2, 0) is 19.1 Å². The second-order valence-corrected chi connectivity index (χ2v) is 21.3. The summed E-state index contributed by atoms with van der Waals surface area (Å²) in [6.45, 7) is 9.11. The molecule has 0 spiro atoms. The van der Waals surface area contributed by atoms with Crippen molar-refractivity contribution in [2.45, 2.75) is 128 Å². The molecular weight excluding hydrogens is 959 g/mol. The highest BCUT2D eigenvalue weighted by Gasteiger charge is 2.41. The third kappa shape index (κ3) is 10.1. The zero-order valence-corrected chi connectivity index (χ0v) is 43.6. The average Bonchev–Trinajstić information content (AvgIpc) is 4.28. The summed E-state index contributed by atoms with van der Waals surface area (Å²) in [5, 5.41) is 5.44. The van der Waals surface area contributed by atoms with Crippen LogP contribution in [0.1, 0.15) is 144 Å². The minimum Gasteiger partial charge on any atom is -0.453 e. The maximum absolute atomic E-state index is 17.1. The number of anilines is 2. The molecule has 4 amide bonds. The van der Waals surface area contributed by atoms with E-state index in [0.717, 1.165) is 70.9 Å². The molecule has 4 aliphatic rings. The highest BCUT2D eigenvalue weighted by Crippen LogP contribution is 2.50. The number of fused-ring (bicyclic) bond motifs is 2. The van der Waals surface area contributed by atoms with Gasteiger partial charge in [-0.1, -0.05) is 70.2 Å². The number of nitrogens with zero attached hydrogens (tertiary/aromatic N) is 6. The number of nitrogens with one attached hydrogen (secondary N) is 4. The molecule has 75 heavy (non-hydrogen) atoms. The number of H-pyrrole nitrogens is 2. The second kappa shape index (κ2) is 21.5. The van der Waals surface area contributed by atoms with Crippen molar-refractivity contribution in [1.29, 1.82) is 0 Å². The molecule has 18 heteroatoms. The van der Waals surface area contributed by atoms with Gasteiger partial charge < -0.3 is 49.7 Å². The molecule has 0 aliphatic carbocycles. The Morgan fingerprint density at radius 2 is 1.05 bits per heavy atom. The number of halogens is 2. The molecular formula is C57H68F2N10O6. The topological polar surface area (TPSA) is 181 Å². The van der Waals surface area contributed by atoms with Gasteiger partial charge in [-0.3, -0.25) is 9.59 Å². The maximum Gasteiger partial charge on any atom is 0.407 e. The Kier molecular flexibility index (Phi) is 14.7. The number of benzene rings is 4. The third-order valence-electron chi connectivity index (χ3n) is 16.0. The van der Waals surface area contributed by atoms with E-state index >= 15 is 8.78 Å². The van der Waals surface area contributed by atoms with Gasteiger partial charge in [0.25, 0.3) is 0 Å². The van der Waals surface area contributed by atoms with Crippen molar-refractivity contribution in [3.05, 3.63) is 119 Å². The van der Waals surface area contributed by atoms with Gasteiger partial charge in [0.05, 0.1) is 66.5 Å². The second-order valence-electron chi connectivity index (χ2n) is 21.3. The molecule has 0 radical (unpaired) electrons. The van der Waals surface area contributed by atoms with E-state index in [1.165, 1.54) is 26.4 Å². The molecule has 1 unspecified atom stereocenters. The first-order valence-corrected chi connectivity index (χ1v) is 26.6. The van der Waals surface area contributed by atoms with Gasteiger partial charge in [0.15, 0.2) is 11.6 Å². The van der Waals surface area contributed by atoms with E-state index in [4.69, 9.17) is 19.4 Å². The van der Waals surface area contributed by atoms with E-state index in [2.05, 4.69) is 37.6 Å².